The molecule has 168 valence electrons. The number of morpholine rings is 1. The van der Waals surface area contributed by atoms with Gasteiger partial charge in [-0.15, -0.1) is 0 Å². The number of ether oxygens (including phenoxy) is 1. The minimum atomic E-state index is 0.0698. The Bertz CT molecular complexity index is 858. The quantitative estimate of drug-likeness (QED) is 0.658. The van der Waals surface area contributed by atoms with E-state index in [-0.39, 0.29) is 5.91 Å². The molecule has 1 aliphatic heterocycles. The molecule has 2 aromatic rings. The van der Waals surface area contributed by atoms with Gasteiger partial charge >= 0.3 is 0 Å². The van der Waals surface area contributed by atoms with Crippen molar-refractivity contribution in [2.45, 2.75) is 58.5 Å². The Morgan fingerprint density at radius 2 is 2.03 bits per heavy atom. The maximum Gasteiger partial charge on any atom is 0.274 e. The van der Waals surface area contributed by atoms with E-state index in [4.69, 9.17) is 9.84 Å². The smallest absolute Gasteiger partial charge is 0.274 e. The van der Waals surface area contributed by atoms with Gasteiger partial charge in [0.25, 0.3) is 5.91 Å². The van der Waals surface area contributed by atoms with Crippen LogP contribution in [0.5, 0.6) is 0 Å². The second kappa shape index (κ2) is 10.4. The molecule has 0 bridgehead atoms. The van der Waals surface area contributed by atoms with Crippen LogP contribution in [0.1, 0.15) is 54.0 Å². The second-order valence-electron chi connectivity index (χ2n) is 9.11. The summed E-state index contributed by atoms with van der Waals surface area (Å²) in [6.07, 6.45) is 8.82. The predicted molar refractivity (Wildman–Crippen MR) is 120 cm³/mol. The lowest BCUT2D eigenvalue weighted by molar-refractivity contribution is 0.0297. The van der Waals surface area contributed by atoms with Gasteiger partial charge in [-0.2, -0.15) is 5.10 Å². The van der Waals surface area contributed by atoms with Gasteiger partial charge in [-0.05, 0) is 62.3 Å². The van der Waals surface area contributed by atoms with E-state index in [9.17, 15) is 4.79 Å². The van der Waals surface area contributed by atoms with E-state index in [0.29, 0.717) is 44.0 Å². The van der Waals surface area contributed by atoms with Crippen molar-refractivity contribution in [3.63, 3.8) is 0 Å². The van der Waals surface area contributed by atoms with Gasteiger partial charge in [-0.25, -0.2) is 0 Å². The van der Waals surface area contributed by atoms with Crippen LogP contribution in [0.3, 0.4) is 0 Å². The Hall–Kier alpha value is -2.25. The number of pyridine rings is 1. The minimum absolute atomic E-state index is 0.0698. The summed E-state index contributed by atoms with van der Waals surface area (Å²) in [7, 11) is 0. The van der Waals surface area contributed by atoms with Crippen LogP contribution in [0.4, 0.5) is 0 Å². The van der Waals surface area contributed by atoms with Crippen molar-refractivity contribution in [2.75, 3.05) is 32.8 Å². The molecule has 7 nitrogen and oxygen atoms in total. The van der Waals surface area contributed by atoms with Gasteiger partial charge in [0.2, 0.25) is 0 Å². The molecule has 0 saturated carbocycles. The molecule has 1 atom stereocenters. The first-order valence-electron chi connectivity index (χ1n) is 11.7. The van der Waals surface area contributed by atoms with Crippen molar-refractivity contribution in [3.05, 3.63) is 47.0 Å². The van der Waals surface area contributed by atoms with Crippen molar-refractivity contribution < 1.29 is 9.53 Å². The average molecular weight is 426 g/mol. The normalized spacial score (nSPS) is 18.9. The Morgan fingerprint density at radius 3 is 2.77 bits per heavy atom. The summed E-state index contributed by atoms with van der Waals surface area (Å²) in [4.78, 5) is 19.2. The maximum atomic E-state index is 13.3. The number of nitrogens with zero attached hydrogens (tertiary/aromatic N) is 4. The lowest BCUT2D eigenvalue weighted by Gasteiger charge is -2.28. The third-order valence-corrected chi connectivity index (χ3v) is 6.21. The van der Waals surface area contributed by atoms with Gasteiger partial charge in [0, 0.05) is 49.3 Å². The molecular formula is C24H35N5O2. The SMILES string of the molecule is CC(C)Cn1nc(C(=O)N2CCOCC2)c2c1CCC(NCCCc1ccncc1)C2. The molecule has 4 rings (SSSR count). The van der Waals surface area contributed by atoms with Crippen LogP contribution in [-0.4, -0.2) is 64.5 Å². The lowest BCUT2D eigenvalue weighted by Crippen LogP contribution is -2.42. The third kappa shape index (κ3) is 5.52. The van der Waals surface area contributed by atoms with Crippen molar-refractivity contribution in [1.29, 1.82) is 0 Å². The van der Waals surface area contributed by atoms with Crippen LogP contribution in [-0.2, 0) is 30.5 Å². The van der Waals surface area contributed by atoms with Crippen LogP contribution in [0.2, 0.25) is 0 Å². The number of amides is 1. The molecule has 31 heavy (non-hydrogen) atoms. The highest BCUT2D eigenvalue weighted by molar-refractivity contribution is 5.94. The molecule has 1 saturated heterocycles. The zero-order valence-corrected chi connectivity index (χ0v) is 18.8. The van der Waals surface area contributed by atoms with Gasteiger partial charge < -0.3 is 15.0 Å². The molecule has 2 aromatic heterocycles. The number of nitrogens with one attached hydrogen (secondary N) is 1. The molecule has 1 unspecified atom stereocenters. The zero-order valence-electron chi connectivity index (χ0n) is 18.8. The first-order chi connectivity index (χ1) is 15.1. The Morgan fingerprint density at radius 1 is 1.26 bits per heavy atom. The summed E-state index contributed by atoms with van der Waals surface area (Å²) in [5.41, 5.74) is 4.42. The molecule has 0 aromatic carbocycles. The van der Waals surface area contributed by atoms with Gasteiger partial charge in [0.15, 0.2) is 5.69 Å². The molecule has 1 fully saturated rings. The Labute approximate surface area is 185 Å². The van der Waals surface area contributed by atoms with Crippen molar-refractivity contribution in [2.24, 2.45) is 5.92 Å². The summed E-state index contributed by atoms with van der Waals surface area (Å²) in [5.74, 6) is 0.569. The Balaban J connectivity index is 1.42. The van der Waals surface area contributed by atoms with E-state index in [1.54, 1.807) is 0 Å². The monoisotopic (exact) mass is 425 g/mol. The Kier molecular flexibility index (Phi) is 7.35. The molecule has 1 N–H and O–H groups in total. The second-order valence-corrected chi connectivity index (χ2v) is 9.11. The maximum absolute atomic E-state index is 13.3. The summed E-state index contributed by atoms with van der Waals surface area (Å²) in [6.45, 7) is 8.78. The lowest BCUT2D eigenvalue weighted by atomic mass is 9.90. The summed E-state index contributed by atoms with van der Waals surface area (Å²) in [5, 5.41) is 8.56. The first-order valence-corrected chi connectivity index (χ1v) is 11.7. The van der Waals surface area contributed by atoms with E-state index in [0.717, 1.165) is 50.8 Å². The summed E-state index contributed by atoms with van der Waals surface area (Å²) < 4.78 is 7.53. The largest absolute Gasteiger partial charge is 0.378 e. The van der Waals surface area contributed by atoms with Gasteiger partial charge in [0.05, 0.1) is 13.2 Å². The fourth-order valence-corrected chi connectivity index (χ4v) is 4.60. The predicted octanol–water partition coefficient (Wildman–Crippen LogP) is 2.49. The number of carbonyl (C=O) groups excluding carboxylic acids is 1. The number of rotatable bonds is 8. The van der Waals surface area contributed by atoms with Crippen LogP contribution < -0.4 is 5.32 Å². The number of aromatic nitrogens is 3. The molecule has 2 aliphatic rings. The van der Waals surface area contributed by atoms with E-state index in [1.165, 1.54) is 11.3 Å². The number of carbonyl (C=O) groups is 1. The van der Waals surface area contributed by atoms with Gasteiger partial charge in [0.1, 0.15) is 0 Å². The van der Waals surface area contributed by atoms with E-state index in [2.05, 4.69) is 41.0 Å². The van der Waals surface area contributed by atoms with E-state index in [1.807, 2.05) is 17.3 Å². The fourth-order valence-electron chi connectivity index (χ4n) is 4.60. The van der Waals surface area contributed by atoms with Crippen molar-refractivity contribution in [3.8, 4) is 0 Å². The minimum Gasteiger partial charge on any atom is -0.378 e. The van der Waals surface area contributed by atoms with Gasteiger partial charge in [-0.1, -0.05) is 13.8 Å². The zero-order chi connectivity index (χ0) is 21.6. The van der Waals surface area contributed by atoms with E-state index >= 15 is 0 Å². The van der Waals surface area contributed by atoms with Crippen molar-refractivity contribution >= 4 is 5.91 Å². The molecule has 0 spiro atoms. The number of hydrogen-bond donors (Lipinski definition) is 1. The highest BCUT2D eigenvalue weighted by Crippen LogP contribution is 2.27. The highest BCUT2D eigenvalue weighted by atomic mass is 16.5. The van der Waals surface area contributed by atoms with Crippen LogP contribution in [0.15, 0.2) is 24.5 Å². The number of aryl methyl sites for hydroxylation is 1. The van der Waals surface area contributed by atoms with Crippen molar-refractivity contribution in [1.82, 2.24) is 25.0 Å². The van der Waals surface area contributed by atoms with Crippen LogP contribution in [0, 0.1) is 5.92 Å². The van der Waals surface area contributed by atoms with Crippen LogP contribution in [0.25, 0.3) is 0 Å². The topological polar surface area (TPSA) is 72.3 Å². The molecule has 3 heterocycles. The number of hydrogen-bond acceptors (Lipinski definition) is 5. The molecule has 1 amide bonds. The first kappa shape index (κ1) is 22.0. The number of fused-ring (bicyclic) bond motifs is 1. The highest BCUT2D eigenvalue weighted by Gasteiger charge is 2.31. The van der Waals surface area contributed by atoms with Crippen LogP contribution >= 0.6 is 0 Å². The van der Waals surface area contributed by atoms with Gasteiger partial charge in [-0.3, -0.25) is 14.5 Å². The molecule has 0 radical (unpaired) electrons. The molecular weight excluding hydrogens is 390 g/mol. The molecule has 1 aliphatic carbocycles. The standard InChI is InChI=1S/C24H35N5O2/c1-18(2)17-29-22-6-5-20(26-9-3-4-19-7-10-25-11-8-19)16-21(22)23(27-29)24(30)28-12-14-31-15-13-28/h7-8,10-11,18,20,26H,3-6,9,12-17H2,1-2H3. The summed E-state index contributed by atoms with van der Waals surface area (Å²) in [6, 6.07) is 4.57. The third-order valence-electron chi connectivity index (χ3n) is 6.21. The van der Waals surface area contributed by atoms with E-state index < -0.39 is 0 Å². The average Bonchev–Trinajstić information content (AvgIpc) is 3.14. The summed E-state index contributed by atoms with van der Waals surface area (Å²) >= 11 is 0. The fraction of sp³-hybridized carbons (Fsp3) is 0.625. The molecule has 7 heteroatoms.